The second-order valence-electron chi connectivity index (χ2n) is 4.81. The van der Waals surface area contributed by atoms with Crippen molar-refractivity contribution in [3.05, 3.63) is 29.3 Å². The Morgan fingerprint density at radius 2 is 2.00 bits per heavy atom. The first-order valence-corrected chi connectivity index (χ1v) is 6.82. The quantitative estimate of drug-likeness (QED) is 0.651. The summed E-state index contributed by atoms with van der Waals surface area (Å²) in [6.45, 7) is 3.85. The van der Waals surface area contributed by atoms with Gasteiger partial charge in [0.15, 0.2) is 0 Å². The van der Waals surface area contributed by atoms with Gasteiger partial charge in [-0.3, -0.25) is 0 Å². The Morgan fingerprint density at radius 1 is 1.22 bits per heavy atom. The predicted molar refractivity (Wildman–Crippen MR) is 75.2 cm³/mol. The van der Waals surface area contributed by atoms with Gasteiger partial charge in [-0.05, 0) is 43.4 Å². The number of unbranched alkanes of at least 4 members (excludes halogenated alkanes) is 2. The molecule has 0 heterocycles. The highest BCUT2D eigenvalue weighted by Crippen LogP contribution is 2.23. The molecule has 0 aliphatic rings. The zero-order valence-electron chi connectivity index (χ0n) is 11.8. The Kier molecular flexibility index (Phi) is 6.48. The van der Waals surface area contributed by atoms with Crippen molar-refractivity contribution < 1.29 is 9.53 Å². The highest BCUT2D eigenvalue weighted by molar-refractivity contribution is 5.75. The fraction of sp³-hybridized carbons (Fsp3) is 0.562. The summed E-state index contributed by atoms with van der Waals surface area (Å²) in [7, 11) is 1.72. The molecule has 0 saturated carbocycles. The summed E-state index contributed by atoms with van der Waals surface area (Å²) < 4.78 is 5.44. The van der Waals surface area contributed by atoms with Crippen LogP contribution in [0.3, 0.4) is 0 Å². The minimum Gasteiger partial charge on any atom is -0.496 e. The number of methoxy groups -OCH3 is 1. The Labute approximate surface area is 110 Å². The molecule has 0 N–H and O–H groups in total. The minimum atomic E-state index is 0.237. The van der Waals surface area contributed by atoms with E-state index in [1.54, 1.807) is 14.0 Å². The van der Waals surface area contributed by atoms with E-state index < -0.39 is 0 Å². The van der Waals surface area contributed by atoms with Crippen molar-refractivity contribution in [2.75, 3.05) is 7.11 Å². The lowest BCUT2D eigenvalue weighted by molar-refractivity contribution is -0.116. The summed E-state index contributed by atoms with van der Waals surface area (Å²) in [5.41, 5.74) is 2.46. The number of Topliss-reactive ketones (excluding diaryl/α,β-unsaturated/α-hetero) is 1. The first-order chi connectivity index (χ1) is 8.67. The van der Waals surface area contributed by atoms with Gasteiger partial charge in [0.05, 0.1) is 7.11 Å². The van der Waals surface area contributed by atoms with E-state index in [1.807, 2.05) is 0 Å². The number of benzene rings is 1. The molecule has 0 fully saturated rings. The zero-order valence-corrected chi connectivity index (χ0v) is 11.8. The van der Waals surface area contributed by atoms with Crippen LogP contribution < -0.4 is 4.74 Å². The van der Waals surface area contributed by atoms with E-state index in [1.165, 1.54) is 30.4 Å². The van der Waals surface area contributed by atoms with Gasteiger partial charge in [0.2, 0.25) is 0 Å². The van der Waals surface area contributed by atoms with Gasteiger partial charge >= 0.3 is 0 Å². The molecule has 0 radical (unpaired) electrons. The van der Waals surface area contributed by atoms with Gasteiger partial charge in [0, 0.05) is 6.42 Å². The summed E-state index contributed by atoms with van der Waals surface area (Å²) in [6.07, 6.45) is 6.19. The van der Waals surface area contributed by atoms with E-state index in [9.17, 15) is 4.79 Å². The number of carbonyl (C=O) groups excluding carboxylic acids is 1. The van der Waals surface area contributed by atoms with Crippen LogP contribution in [0.4, 0.5) is 0 Å². The highest BCUT2D eigenvalue weighted by atomic mass is 16.5. The standard InChI is InChI=1S/C16H24O2/c1-4-5-6-7-15-11-10-14(9-8-13(2)17)12-16(15)18-3/h10-12H,4-9H2,1-3H3. The van der Waals surface area contributed by atoms with Gasteiger partial charge < -0.3 is 9.53 Å². The van der Waals surface area contributed by atoms with Gasteiger partial charge in [0.25, 0.3) is 0 Å². The number of ether oxygens (including phenoxy) is 1. The van der Waals surface area contributed by atoms with E-state index in [0.717, 1.165) is 18.6 Å². The molecule has 1 aromatic carbocycles. The molecule has 0 atom stereocenters. The third kappa shape index (κ3) is 4.91. The van der Waals surface area contributed by atoms with Gasteiger partial charge in [-0.1, -0.05) is 31.9 Å². The number of rotatable bonds is 8. The van der Waals surface area contributed by atoms with Crippen LogP contribution >= 0.6 is 0 Å². The summed E-state index contributed by atoms with van der Waals surface area (Å²) in [5.74, 6) is 1.20. The first kappa shape index (κ1) is 14.7. The molecular weight excluding hydrogens is 224 g/mol. The first-order valence-electron chi connectivity index (χ1n) is 6.82. The van der Waals surface area contributed by atoms with Crippen LogP contribution in [0.15, 0.2) is 18.2 Å². The Balaban J connectivity index is 2.66. The third-order valence-corrected chi connectivity index (χ3v) is 3.17. The maximum absolute atomic E-state index is 11.0. The molecular formula is C16H24O2. The molecule has 18 heavy (non-hydrogen) atoms. The molecule has 0 bridgehead atoms. The molecule has 2 heteroatoms. The van der Waals surface area contributed by atoms with Crippen LogP contribution in [0.5, 0.6) is 5.75 Å². The van der Waals surface area contributed by atoms with Crippen molar-refractivity contribution in [2.24, 2.45) is 0 Å². The number of hydrogen-bond acceptors (Lipinski definition) is 2. The monoisotopic (exact) mass is 248 g/mol. The van der Waals surface area contributed by atoms with Crippen LogP contribution in [0, 0.1) is 0 Å². The normalized spacial score (nSPS) is 10.4. The molecule has 0 unspecified atom stereocenters. The Bertz CT molecular complexity index is 383. The van der Waals surface area contributed by atoms with Gasteiger partial charge in [0.1, 0.15) is 11.5 Å². The lowest BCUT2D eigenvalue weighted by Gasteiger charge is -2.10. The maximum atomic E-state index is 11.0. The predicted octanol–water partition coefficient (Wildman–Crippen LogP) is 3.95. The largest absolute Gasteiger partial charge is 0.496 e. The van der Waals surface area contributed by atoms with Gasteiger partial charge in [-0.15, -0.1) is 0 Å². The number of hydrogen-bond donors (Lipinski definition) is 0. The van der Waals surface area contributed by atoms with Crippen LogP contribution in [-0.2, 0) is 17.6 Å². The topological polar surface area (TPSA) is 26.3 Å². The van der Waals surface area contributed by atoms with Crippen molar-refractivity contribution in [3.63, 3.8) is 0 Å². The van der Waals surface area contributed by atoms with Crippen molar-refractivity contribution >= 4 is 5.78 Å². The molecule has 0 aliphatic heterocycles. The summed E-state index contributed by atoms with van der Waals surface area (Å²) in [4.78, 5) is 11.0. The van der Waals surface area contributed by atoms with Crippen molar-refractivity contribution in [1.82, 2.24) is 0 Å². The number of aryl methyl sites for hydroxylation is 2. The number of ketones is 1. The molecule has 100 valence electrons. The lowest BCUT2D eigenvalue weighted by atomic mass is 10.0. The Morgan fingerprint density at radius 3 is 2.61 bits per heavy atom. The molecule has 0 spiro atoms. The van der Waals surface area contributed by atoms with Crippen LogP contribution in [0.2, 0.25) is 0 Å². The maximum Gasteiger partial charge on any atom is 0.130 e. The second-order valence-corrected chi connectivity index (χ2v) is 4.81. The summed E-state index contributed by atoms with van der Waals surface area (Å²) in [6, 6.07) is 6.33. The van der Waals surface area contributed by atoms with Gasteiger partial charge in [-0.2, -0.15) is 0 Å². The van der Waals surface area contributed by atoms with Crippen molar-refractivity contribution in [2.45, 2.75) is 52.4 Å². The summed E-state index contributed by atoms with van der Waals surface area (Å²) in [5, 5.41) is 0. The minimum absolute atomic E-state index is 0.237. The molecule has 1 aromatic rings. The Hall–Kier alpha value is -1.31. The van der Waals surface area contributed by atoms with E-state index in [2.05, 4.69) is 25.1 Å². The van der Waals surface area contributed by atoms with Crippen molar-refractivity contribution in [1.29, 1.82) is 0 Å². The fourth-order valence-corrected chi connectivity index (χ4v) is 2.04. The highest BCUT2D eigenvalue weighted by Gasteiger charge is 2.05. The van der Waals surface area contributed by atoms with E-state index in [0.29, 0.717) is 6.42 Å². The smallest absolute Gasteiger partial charge is 0.130 e. The van der Waals surface area contributed by atoms with Crippen LogP contribution in [0.25, 0.3) is 0 Å². The molecule has 2 nitrogen and oxygen atoms in total. The number of carbonyl (C=O) groups is 1. The zero-order chi connectivity index (χ0) is 13.4. The van der Waals surface area contributed by atoms with Crippen LogP contribution in [0.1, 0.15) is 50.7 Å². The molecule has 0 aromatic heterocycles. The molecule has 0 amide bonds. The molecule has 1 rings (SSSR count). The summed E-state index contributed by atoms with van der Waals surface area (Å²) >= 11 is 0. The van der Waals surface area contributed by atoms with Crippen molar-refractivity contribution in [3.8, 4) is 5.75 Å². The van der Waals surface area contributed by atoms with E-state index in [-0.39, 0.29) is 5.78 Å². The molecule has 0 aliphatic carbocycles. The molecule has 0 saturated heterocycles. The third-order valence-electron chi connectivity index (χ3n) is 3.17. The SMILES string of the molecule is CCCCCc1ccc(CCC(C)=O)cc1OC. The van der Waals surface area contributed by atoms with E-state index in [4.69, 9.17) is 4.74 Å². The fourth-order valence-electron chi connectivity index (χ4n) is 2.04. The van der Waals surface area contributed by atoms with Gasteiger partial charge in [-0.25, -0.2) is 0 Å². The average Bonchev–Trinajstić information content (AvgIpc) is 2.37. The van der Waals surface area contributed by atoms with E-state index >= 15 is 0 Å². The lowest BCUT2D eigenvalue weighted by Crippen LogP contribution is -1.97. The average molecular weight is 248 g/mol. The second kappa shape index (κ2) is 7.91. The van der Waals surface area contributed by atoms with Crippen LogP contribution in [-0.4, -0.2) is 12.9 Å².